The smallest absolute Gasteiger partial charge is 0.311 e. The number of aryl methyl sites for hydroxylation is 2. The van der Waals surface area contributed by atoms with Crippen molar-refractivity contribution in [2.75, 3.05) is 37.6 Å². The fourth-order valence-corrected chi connectivity index (χ4v) is 3.99. The third-order valence-electron chi connectivity index (χ3n) is 5.72. The Morgan fingerprint density at radius 1 is 1.06 bits per heavy atom. The second kappa shape index (κ2) is 10.8. The topological polar surface area (TPSA) is 94.2 Å². The Hall–Kier alpha value is -3.55. The van der Waals surface area contributed by atoms with Crippen LogP contribution in [0.5, 0.6) is 11.5 Å². The van der Waals surface area contributed by atoms with Gasteiger partial charge in [0.2, 0.25) is 5.91 Å². The van der Waals surface area contributed by atoms with Gasteiger partial charge in [-0.25, -0.2) is 0 Å². The van der Waals surface area contributed by atoms with Crippen molar-refractivity contribution in [1.82, 2.24) is 0 Å². The van der Waals surface area contributed by atoms with E-state index in [1.54, 1.807) is 23.1 Å². The summed E-state index contributed by atoms with van der Waals surface area (Å²) in [5, 5.41) is 2.66. The number of hydrogen-bond donors (Lipinski definition) is 1. The lowest BCUT2D eigenvalue weighted by Crippen LogP contribution is -2.29. The number of nitrogens with one attached hydrogen (secondary N) is 1. The Morgan fingerprint density at radius 2 is 1.76 bits per heavy atom. The van der Waals surface area contributed by atoms with E-state index in [4.69, 9.17) is 14.2 Å². The first kappa shape index (κ1) is 24.1. The van der Waals surface area contributed by atoms with E-state index in [-0.39, 0.29) is 18.9 Å². The molecule has 33 heavy (non-hydrogen) atoms. The normalized spacial score (nSPS) is 15.3. The zero-order valence-electron chi connectivity index (χ0n) is 19.5. The average molecular weight is 455 g/mol. The highest BCUT2D eigenvalue weighted by Gasteiger charge is 2.37. The maximum absolute atomic E-state index is 12.7. The number of nitrogens with zero attached hydrogens (tertiary/aromatic N) is 1. The molecule has 2 amide bonds. The number of esters is 1. The van der Waals surface area contributed by atoms with Gasteiger partial charge in [-0.2, -0.15) is 0 Å². The zero-order chi connectivity index (χ0) is 24.0. The molecule has 1 aliphatic heterocycles. The molecule has 2 aromatic carbocycles. The number of carbonyl (C=O) groups is 3. The molecule has 0 spiro atoms. The van der Waals surface area contributed by atoms with E-state index in [1.165, 1.54) is 14.2 Å². The number of ether oxygens (including phenoxy) is 3. The van der Waals surface area contributed by atoms with Crippen molar-refractivity contribution in [2.45, 2.75) is 33.1 Å². The fraction of sp³-hybridized carbons (Fsp3) is 0.400. The minimum Gasteiger partial charge on any atom is -0.497 e. The third kappa shape index (κ3) is 5.45. The van der Waals surface area contributed by atoms with Gasteiger partial charge in [0.05, 0.1) is 25.8 Å². The Labute approximate surface area is 193 Å². The number of carbonyl (C=O) groups excluding carboxylic acids is 3. The van der Waals surface area contributed by atoms with Crippen molar-refractivity contribution in [3.63, 3.8) is 0 Å². The van der Waals surface area contributed by atoms with Crippen LogP contribution in [0.15, 0.2) is 36.4 Å². The monoisotopic (exact) mass is 454 g/mol. The first-order chi connectivity index (χ1) is 15.9. The number of hydrogen-bond acceptors (Lipinski definition) is 6. The molecule has 1 N–H and O–H groups in total. The van der Waals surface area contributed by atoms with Gasteiger partial charge in [0.25, 0.3) is 5.91 Å². The molecule has 1 atom stereocenters. The summed E-state index contributed by atoms with van der Waals surface area (Å²) in [6, 6.07) is 11.0. The summed E-state index contributed by atoms with van der Waals surface area (Å²) in [6.45, 7) is 3.88. The number of amides is 2. The largest absolute Gasteiger partial charge is 0.497 e. The van der Waals surface area contributed by atoms with Gasteiger partial charge < -0.3 is 24.4 Å². The van der Waals surface area contributed by atoms with Gasteiger partial charge in [-0.05, 0) is 36.1 Å². The SMILES string of the molecule is CCc1cccc(CC)c1N1C[C@H](C(=O)OCC(=O)Nc2ccc(OC)cc2OC)CC1=O. The van der Waals surface area contributed by atoms with Crippen molar-refractivity contribution >= 4 is 29.2 Å². The van der Waals surface area contributed by atoms with Gasteiger partial charge in [0, 0.05) is 24.7 Å². The van der Waals surface area contributed by atoms with Gasteiger partial charge in [-0.3, -0.25) is 14.4 Å². The van der Waals surface area contributed by atoms with E-state index >= 15 is 0 Å². The lowest BCUT2D eigenvalue weighted by Gasteiger charge is -2.23. The maximum Gasteiger partial charge on any atom is 0.311 e. The lowest BCUT2D eigenvalue weighted by molar-refractivity contribution is -0.151. The standard InChI is InChI=1S/C25H30N2O6/c1-5-16-8-7-9-17(6-2)24(16)27-14-18(12-23(27)29)25(30)33-15-22(28)26-20-11-10-19(31-3)13-21(20)32-4/h7-11,13,18H,5-6,12,14-15H2,1-4H3,(H,26,28)/t18-/m1/s1. The van der Waals surface area contributed by atoms with Crippen LogP contribution in [0.3, 0.4) is 0 Å². The molecule has 0 aliphatic carbocycles. The molecule has 0 radical (unpaired) electrons. The number of para-hydroxylation sites is 1. The lowest BCUT2D eigenvalue weighted by atomic mass is 10.0. The van der Waals surface area contributed by atoms with Gasteiger partial charge in [0.1, 0.15) is 11.5 Å². The van der Waals surface area contributed by atoms with Crippen molar-refractivity contribution in [2.24, 2.45) is 5.92 Å². The molecule has 8 nitrogen and oxygen atoms in total. The van der Waals surface area contributed by atoms with Crippen molar-refractivity contribution in [3.05, 3.63) is 47.5 Å². The minimum absolute atomic E-state index is 0.0635. The van der Waals surface area contributed by atoms with Gasteiger partial charge in [-0.1, -0.05) is 32.0 Å². The predicted molar refractivity (Wildman–Crippen MR) is 125 cm³/mol. The van der Waals surface area contributed by atoms with Crippen LogP contribution in [0.4, 0.5) is 11.4 Å². The van der Waals surface area contributed by atoms with Crippen LogP contribution in [0.25, 0.3) is 0 Å². The van der Waals surface area contributed by atoms with Gasteiger partial charge in [-0.15, -0.1) is 0 Å². The predicted octanol–water partition coefficient (Wildman–Crippen LogP) is 3.36. The summed E-state index contributed by atoms with van der Waals surface area (Å²) in [6.07, 6.45) is 1.64. The third-order valence-corrected chi connectivity index (χ3v) is 5.72. The quantitative estimate of drug-likeness (QED) is 0.584. The zero-order valence-corrected chi connectivity index (χ0v) is 19.5. The van der Waals surface area contributed by atoms with E-state index in [2.05, 4.69) is 5.32 Å². The molecule has 0 bridgehead atoms. The summed E-state index contributed by atoms with van der Waals surface area (Å²) in [5.41, 5.74) is 3.48. The minimum atomic E-state index is -0.615. The van der Waals surface area contributed by atoms with E-state index in [9.17, 15) is 14.4 Å². The van der Waals surface area contributed by atoms with Crippen LogP contribution in [0.1, 0.15) is 31.4 Å². The Bertz CT molecular complexity index is 1010. The number of anilines is 2. The molecule has 1 heterocycles. The first-order valence-electron chi connectivity index (χ1n) is 11.0. The van der Waals surface area contributed by atoms with Crippen LogP contribution in [-0.2, 0) is 32.0 Å². The van der Waals surface area contributed by atoms with Crippen molar-refractivity contribution < 1.29 is 28.6 Å². The van der Waals surface area contributed by atoms with Crippen molar-refractivity contribution in [3.8, 4) is 11.5 Å². The van der Waals surface area contributed by atoms with E-state index in [0.29, 0.717) is 17.2 Å². The maximum atomic E-state index is 12.7. The van der Waals surface area contributed by atoms with Crippen LogP contribution in [0.2, 0.25) is 0 Å². The average Bonchev–Trinajstić information content (AvgIpc) is 3.23. The Balaban J connectivity index is 1.61. The molecule has 3 rings (SSSR count). The van der Waals surface area contributed by atoms with Crippen LogP contribution in [0, 0.1) is 5.92 Å². The summed E-state index contributed by atoms with van der Waals surface area (Å²) in [7, 11) is 3.01. The Kier molecular flexibility index (Phi) is 7.92. The van der Waals surface area contributed by atoms with Gasteiger partial charge >= 0.3 is 5.97 Å². The van der Waals surface area contributed by atoms with E-state index < -0.39 is 24.4 Å². The molecule has 0 saturated carbocycles. The Morgan fingerprint density at radius 3 is 2.36 bits per heavy atom. The molecule has 0 unspecified atom stereocenters. The molecule has 176 valence electrons. The highest BCUT2D eigenvalue weighted by atomic mass is 16.5. The van der Waals surface area contributed by atoms with Gasteiger partial charge in [0.15, 0.2) is 6.61 Å². The number of rotatable bonds is 9. The van der Waals surface area contributed by atoms with Crippen LogP contribution < -0.4 is 19.7 Å². The van der Waals surface area contributed by atoms with Crippen molar-refractivity contribution in [1.29, 1.82) is 0 Å². The first-order valence-corrected chi connectivity index (χ1v) is 11.0. The number of methoxy groups -OCH3 is 2. The molecule has 2 aromatic rings. The fourth-order valence-electron chi connectivity index (χ4n) is 3.99. The molecule has 1 fully saturated rings. The van der Waals surface area contributed by atoms with Crippen LogP contribution >= 0.6 is 0 Å². The highest BCUT2D eigenvalue weighted by Crippen LogP contribution is 2.33. The molecule has 8 heteroatoms. The summed E-state index contributed by atoms with van der Waals surface area (Å²) in [5.74, 6) is -0.780. The van der Waals surface area contributed by atoms with E-state index in [1.807, 2.05) is 32.0 Å². The van der Waals surface area contributed by atoms with Crippen LogP contribution in [-0.4, -0.2) is 45.2 Å². The molecular formula is C25H30N2O6. The summed E-state index contributed by atoms with van der Waals surface area (Å²) < 4.78 is 15.6. The molecular weight excluding hydrogens is 424 g/mol. The second-order valence-electron chi connectivity index (χ2n) is 7.76. The highest BCUT2D eigenvalue weighted by molar-refractivity contribution is 6.01. The van der Waals surface area contributed by atoms with E-state index in [0.717, 1.165) is 29.7 Å². The molecule has 1 aliphatic rings. The molecule has 0 aromatic heterocycles. The molecule has 1 saturated heterocycles. The summed E-state index contributed by atoms with van der Waals surface area (Å²) in [4.78, 5) is 39.4. The summed E-state index contributed by atoms with van der Waals surface area (Å²) >= 11 is 0. The second-order valence-corrected chi connectivity index (χ2v) is 7.76. The number of benzene rings is 2.